The van der Waals surface area contributed by atoms with Crippen molar-refractivity contribution >= 4 is 11.9 Å². The maximum absolute atomic E-state index is 12.9. The Morgan fingerprint density at radius 3 is 2.38 bits per heavy atom. The maximum Gasteiger partial charge on any atom is 0.394 e. The van der Waals surface area contributed by atoms with Crippen molar-refractivity contribution in [3.63, 3.8) is 0 Å². The van der Waals surface area contributed by atoms with Crippen molar-refractivity contribution in [2.24, 2.45) is 18.9 Å². The number of carboxylic acids is 1. The number of hydrogen-bond donors (Lipinski definition) is 1. The monoisotopic (exact) mass is 305 g/mol. The molecule has 1 aliphatic rings. The van der Waals surface area contributed by atoms with E-state index >= 15 is 0 Å². The molecular formula is C12H14F3N3O3. The summed E-state index contributed by atoms with van der Waals surface area (Å²) < 4.78 is 40.0. The third kappa shape index (κ3) is 2.86. The first kappa shape index (κ1) is 15.3. The van der Waals surface area contributed by atoms with Crippen LogP contribution in [-0.4, -0.2) is 50.9 Å². The summed E-state index contributed by atoms with van der Waals surface area (Å²) >= 11 is 0. The van der Waals surface area contributed by atoms with E-state index in [1.165, 1.54) is 10.9 Å². The van der Waals surface area contributed by atoms with Crippen molar-refractivity contribution in [2.75, 3.05) is 13.1 Å². The third-order valence-corrected chi connectivity index (χ3v) is 3.59. The Bertz CT molecular complexity index is 582. The van der Waals surface area contributed by atoms with Crippen molar-refractivity contribution in [1.29, 1.82) is 0 Å². The Hall–Kier alpha value is -2.06. The topological polar surface area (TPSA) is 75.4 Å². The Balaban J connectivity index is 2.25. The normalized spacial score (nSPS) is 22.6. The van der Waals surface area contributed by atoms with Gasteiger partial charge in [-0.1, -0.05) is 0 Å². The average molecular weight is 305 g/mol. The zero-order valence-corrected chi connectivity index (χ0v) is 11.4. The van der Waals surface area contributed by atoms with E-state index < -0.39 is 43.0 Å². The summed E-state index contributed by atoms with van der Waals surface area (Å²) in [5.41, 5.74) is 0.578. The van der Waals surface area contributed by atoms with Gasteiger partial charge in [-0.25, -0.2) is 0 Å². The van der Waals surface area contributed by atoms with Gasteiger partial charge in [0.15, 0.2) is 0 Å². The lowest BCUT2D eigenvalue weighted by molar-refractivity contribution is -0.187. The van der Waals surface area contributed by atoms with Gasteiger partial charge in [-0.2, -0.15) is 18.3 Å². The van der Waals surface area contributed by atoms with Crippen molar-refractivity contribution in [3.05, 3.63) is 17.5 Å². The number of likely N-dealkylation sites (tertiary alicyclic amines) is 1. The molecule has 0 spiro atoms. The number of carboxylic acid groups (broad SMARTS) is 1. The molecule has 0 bridgehead atoms. The van der Waals surface area contributed by atoms with Crippen LogP contribution in [0.4, 0.5) is 13.2 Å². The Morgan fingerprint density at radius 2 is 2.00 bits per heavy atom. The van der Waals surface area contributed by atoms with Crippen LogP contribution < -0.4 is 0 Å². The summed E-state index contributed by atoms with van der Waals surface area (Å²) in [4.78, 5) is 24.1. The molecule has 0 aromatic carbocycles. The van der Waals surface area contributed by atoms with Gasteiger partial charge in [0, 0.05) is 26.3 Å². The van der Waals surface area contributed by atoms with Crippen LogP contribution in [0, 0.1) is 18.8 Å². The summed E-state index contributed by atoms with van der Waals surface area (Å²) in [6.07, 6.45) is -3.24. The van der Waals surface area contributed by atoms with E-state index in [1.54, 1.807) is 14.0 Å². The second kappa shape index (κ2) is 5.05. The van der Waals surface area contributed by atoms with E-state index in [9.17, 15) is 22.8 Å². The van der Waals surface area contributed by atoms with Crippen LogP contribution in [0.3, 0.4) is 0 Å². The molecular weight excluding hydrogens is 291 g/mol. The molecule has 21 heavy (non-hydrogen) atoms. The molecule has 1 fully saturated rings. The third-order valence-electron chi connectivity index (χ3n) is 3.59. The predicted molar refractivity (Wildman–Crippen MR) is 64.5 cm³/mol. The maximum atomic E-state index is 12.9. The van der Waals surface area contributed by atoms with Crippen molar-refractivity contribution in [1.82, 2.24) is 14.7 Å². The van der Waals surface area contributed by atoms with Gasteiger partial charge in [0.1, 0.15) is 0 Å². The summed E-state index contributed by atoms with van der Waals surface area (Å²) in [5.74, 6) is -5.85. The lowest BCUT2D eigenvalue weighted by Gasteiger charge is -2.18. The number of alkyl halides is 3. The number of rotatable bonds is 2. The second-order valence-electron chi connectivity index (χ2n) is 5.10. The highest BCUT2D eigenvalue weighted by Gasteiger charge is 2.53. The molecule has 116 valence electrons. The number of halogens is 3. The number of hydrogen-bond acceptors (Lipinski definition) is 3. The number of carbonyl (C=O) groups excluding carboxylic acids is 1. The van der Waals surface area contributed by atoms with Gasteiger partial charge >= 0.3 is 12.1 Å². The van der Waals surface area contributed by atoms with Crippen LogP contribution >= 0.6 is 0 Å². The second-order valence-corrected chi connectivity index (χ2v) is 5.10. The first-order valence-corrected chi connectivity index (χ1v) is 6.20. The highest BCUT2D eigenvalue weighted by Crippen LogP contribution is 2.38. The first-order chi connectivity index (χ1) is 9.61. The van der Waals surface area contributed by atoms with Gasteiger partial charge in [0.25, 0.3) is 5.91 Å². The van der Waals surface area contributed by atoms with Gasteiger partial charge in [-0.3, -0.25) is 14.3 Å². The molecule has 1 N–H and O–H groups in total. The molecule has 0 aliphatic carbocycles. The summed E-state index contributed by atoms with van der Waals surface area (Å²) in [6.45, 7) is 0.472. The highest BCUT2D eigenvalue weighted by atomic mass is 19.4. The number of aromatic nitrogens is 2. The van der Waals surface area contributed by atoms with Crippen molar-refractivity contribution in [2.45, 2.75) is 13.1 Å². The number of aliphatic carboxylic acids is 1. The quantitative estimate of drug-likeness (QED) is 0.886. The zero-order chi connectivity index (χ0) is 15.9. The first-order valence-electron chi connectivity index (χ1n) is 6.20. The predicted octanol–water partition coefficient (Wildman–Crippen LogP) is 1.06. The molecule has 9 heteroatoms. The minimum Gasteiger partial charge on any atom is -0.481 e. The van der Waals surface area contributed by atoms with Crippen molar-refractivity contribution < 1.29 is 27.9 Å². The smallest absolute Gasteiger partial charge is 0.394 e. The van der Waals surface area contributed by atoms with E-state index in [-0.39, 0.29) is 5.56 Å². The van der Waals surface area contributed by atoms with Crippen LogP contribution in [0.15, 0.2) is 6.20 Å². The summed E-state index contributed by atoms with van der Waals surface area (Å²) in [5, 5.41) is 12.9. The Labute approximate surface area is 118 Å². The molecule has 1 aromatic rings. The van der Waals surface area contributed by atoms with E-state index in [0.717, 1.165) is 4.90 Å². The Kier molecular flexibility index (Phi) is 3.68. The molecule has 1 amide bonds. The lowest BCUT2D eigenvalue weighted by atomic mass is 9.96. The molecule has 0 saturated carbocycles. The minimum absolute atomic E-state index is 0.185. The fourth-order valence-corrected chi connectivity index (χ4v) is 2.53. The number of carbonyl (C=O) groups is 2. The van der Waals surface area contributed by atoms with Gasteiger partial charge in [-0.05, 0) is 6.92 Å². The molecule has 2 heterocycles. The number of amides is 1. The summed E-state index contributed by atoms with van der Waals surface area (Å²) in [7, 11) is 1.59. The van der Waals surface area contributed by atoms with E-state index in [2.05, 4.69) is 5.10 Å². The molecule has 6 nitrogen and oxygen atoms in total. The van der Waals surface area contributed by atoms with Crippen molar-refractivity contribution in [3.8, 4) is 0 Å². The SMILES string of the molecule is Cc1nn(C)cc1C(=O)N1C[C@@H](C(F)(F)F)[C@H](C(=O)O)C1. The molecule has 0 unspecified atom stereocenters. The van der Waals surface area contributed by atoms with Crippen LogP contribution in [0.2, 0.25) is 0 Å². The molecule has 0 radical (unpaired) electrons. The van der Waals surface area contributed by atoms with Crippen LogP contribution in [0.25, 0.3) is 0 Å². The molecule has 1 aromatic heterocycles. The molecule has 1 saturated heterocycles. The molecule has 1 aliphatic heterocycles. The van der Waals surface area contributed by atoms with E-state index in [1.807, 2.05) is 0 Å². The standard InChI is InChI=1S/C12H14F3N3O3/c1-6-7(3-17(2)16-6)10(19)18-4-8(11(20)21)9(5-18)12(13,14)15/h3,8-9H,4-5H2,1-2H3,(H,20,21)/t8-,9-/m1/s1. The Morgan fingerprint density at radius 1 is 1.38 bits per heavy atom. The molecule has 2 atom stereocenters. The van der Waals surface area contributed by atoms with Crippen LogP contribution in [-0.2, 0) is 11.8 Å². The van der Waals surface area contributed by atoms with Gasteiger partial charge in [0.05, 0.1) is 23.1 Å². The van der Waals surface area contributed by atoms with Gasteiger partial charge in [-0.15, -0.1) is 0 Å². The van der Waals surface area contributed by atoms with Crippen LogP contribution in [0.1, 0.15) is 16.1 Å². The fraction of sp³-hybridized carbons (Fsp3) is 0.583. The average Bonchev–Trinajstić information content (AvgIpc) is 2.91. The minimum atomic E-state index is -4.65. The van der Waals surface area contributed by atoms with Gasteiger partial charge in [0.2, 0.25) is 0 Å². The molecule has 2 rings (SSSR count). The van der Waals surface area contributed by atoms with E-state index in [4.69, 9.17) is 5.11 Å². The lowest BCUT2D eigenvalue weighted by Crippen LogP contribution is -2.34. The fourth-order valence-electron chi connectivity index (χ4n) is 2.53. The van der Waals surface area contributed by atoms with Gasteiger partial charge < -0.3 is 10.0 Å². The highest BCUT2D eigenvalue weighted by molar-refractivity contribution is 5.95. The number of aryl methyl sites for hydroxylation is 2. The van der Waals surface area contributed by atoms with Crippen LogP contribution in [0.5, 0.6) is 0 Å². The zero-order valence-electron chi connectivity index (χ0n) is 11.4. The largest absolute Gasteiger partial charge is 0.481 e. The summed E-state index contributed by atoms with van der Waals surface area (Å²) in [6, 6.07) is 0. The van der Waals surface area contributed by atoms with E-state index in [0.29, 0.717) is 5.69 Å². The number of nitrogens with zero attached hydrogens (tertiary/aromatic N) is 3.